The molecule has 4 heteroatoms. The summed E-state index contributed by atoms with van der Waals surface area (Å²) in [7, 11) is -1.97. The van der Waals surface area contributed by atoms with Gasteiger partial charge in [0.1, 0.15) is 17.2 Å². The van der Waals surface area contributed by atoms with Crippen molar-refractivity contribution in [2.24, 2.45) is 0 Å². The molecule has 2 aromatic rings. The molecule has 0 radical (unpaired) electrons. The second-order valence-corrected chi connectivity index (χ2v) is 15.2. The smallest absolute Gasteiger partial charge is 0.258 e. The van der Waals surface area contributed by atoms with Gasteiger partial charge in [0, 0.05) is 11.6 Å². The first-order valence-electron chi connectivity index (χ1n) is 11.6. The van der Waals surface area contributed by atoms with Crippen molar-refractivity contribution in [2.45, 2.75) is 78.4 Å². The minimum absolute atomic E-state index is 0.0594. The summed E-state index contributed by atoms with van der Waals surface area (Å²) in [5.41, 5.74) is 5.43. The number of phenolic OH excluding ortho intramolecular Hbond substituents is 2. The number of benzene rings is 2. The molecule has 2 aromatic carbocycles. The van der Waals surface area contributed by atoms with E-state index in [4.69, 9.17) is 4.43 Å². The Balaban J connectivity index is 2.29. The molecule has 0 fully saturated rings. The molecule has 0 aromatic heterocycles. The van der Waals surface area contributed by atoms with Crippen molar-refractivity contribution in [3.8, 4) is 17.2 Å². The van der Waals surface area contributed by atoms with Crippen LogP contribution in [-0.4, -0.2) is 18.5 Å². The van der Waals surface area contributed by atoms with E-state index in [0.717, 1.165) is 22.4 Å². The van der Waals surface area contributed by atoms with E-state index in [0.29, 0.717) is 23.0 Å². The maximum Gasteiger partial charge on any atom is 0.258 e. The molecule has 0 spiro atoms. The van der Waals surface area contributed by atoms with Gasteiger partial charge in [-0.1, -0.05) is 77.5 Å². The number of phenols is 2. The minimum atomic E-state index is -1.97. The summed E-state index contributed by atoms with van der Waals surface area (Å²) in [5.74, 6) is 1.11. The highest BCUT2D eigenvalue weighted by Crippen LogP contribution is 2.42. The highest BCUT2D eigenvalue weighted by molar-refractivity contribution is 6.78. The average molecular weight is 453 g/mol. The highest BCUT2D eigenvalue weighted by atomic mass is 28.4. The van der Waals surface area contributed by atoms with Gasteiger partial charge in [-0.3, -0.25) is 0 Å². The van der Waals surface area contributed by atoms with Crippen molar-refractivity contribution in [1.82, 2.24) is 0 Å². The van der Waals surface area contributed by atoms with Crippen molar-refractivity contribution in [2.75, 3.05) is 0 Å². The lowest BCUT2D eigenvalue weighted by Crippen LogP contribution is -2.50. The molecule has 0 atom stereocenters. The maximum atomic E-state index is 10.3. The number of hydrogen-bond donors (Lipinski definition) is 2. The average Bonchev–Trinajstić information content (AvgIpc) is 2.69. The second kappa shape index (κ2) is 10.9. The fourth-order valence-corrected chi connectivity index (χ4v) is 9.98. The zero-order valence-electron chi connectivity index (χ0n) is 20.9. The molecule has 0 saturated heterocycles. The Morgan fingerprint density at radius 2 is 1.44 bits per heavy atom. The van der Waals surface area contributed by atoms with Crippen molar-refractivity contribution in [3.05, 3.63) is 64.7 Å². The van der Waals surface area contributed by atoms with Crippen LogP contribution < -0.4 is 4.43 Å². The second-order valence-electron chi connectivity index (χ2n) is 9.84. The summed E-state index contributed by atoms with van der Waals surface area (Å²) in [6, 6.07) is 11.3. The highest BCUT2D eigenvalue weighted by Gasteiger charge is 2.46. The molecule has 174 valence electrons. The van der Waals surface area contributed by atoms with Gasteiger partial charge in [0.15, 0.2) is 0 Å². The Hall–Kier alpha value is -2.46. The third-order valence-electron chi connectivity index (χ3n) is 6.30. The van der Waals surface area contributed by atoms with E-state index in [1.165, 1.54) is 11.6 Å². The summed E-state index contributed by atoms with van der Waals surface area (Å²) in [6.45, 7) is 17.8. The van der Waals surface area contributed by atoms with Crippen LogP contribution in [-0.2, 0) is 6.42 Å². The van der Waals surface area contributed by atoms with E-state index in [1.54, 1.807) is 6.07 Å². The Labute approximate surface area is 195 Å². The molecular weight excluding hydrogens is 412 g/mol. The molecule has 32 heavy (non-hydrogen) atoms. The SMILES string of the molecule is CC(C)=CCc1c(O)cc(O)cc1/C=C/c1ccc(O[Si](C(C)C)(C(C)C)C(C)C)cc1. The van der Waals surface area contributed by atoms with E-state index < -0.39 is 8.32 Å². The molecule has 2 N–H and O–H groups in total. The first kappa shape index (κ1) is 25.8. The van der Waals surface area contributed by atoms with Crippen LogP contribution >= 0.6 is 0 Å². The van der Waals surface area contributed by atoms with E-state index in [-0.39, 0.29) is 11.5 Å². The molecule has 3 nitrogen and oxygen atoms in total. The maximum absolute atomic E-state index is 10.3. The minimum Gasteiger partial charge on any atom is -0.543 e. The standard InChI is InChI=1S/C28H40O3Si/c1-19(2)9-16-27-24(17-25(29)18-28(27)30)13-10-23-11-14-26(15-12-23)31-32(20(3)4,21(5)6)22(7)8/h9-15,17-18,20-22,29-30H,16H2,1-8H3/b13-10+. The number of hydrogen-bond acceptors (Lipinski definition) is 3. The summed E-state index contributed by atoms with van der Waals surface area (Å²) in [6.07, 6.45) is 6.64. The molecule has 0 amide bonds. The van der Waals surface area contributed by atoms with E-state index in [2.05, 4.69) is 71.9 Å². The quantitative estimate of drug-likeness (QED) is 0.228. The van der Waals surface area contributed by atoms with E-state index >= 15 is 0 Å². The van der Waals surface area contributed by atoms with Crippen LogP contribution in [0.5, 0.6) is 17.2 Å². The molecule has 0 aliphatic carbocycles. The molecule has 2 rings (SSSR count). The Morgan fingerprint density at radius 3 is 1.94 bits per heavy atom. The van der Waals surface area contributed by atoms with Gasteiger partial charge in [-0.25, -0.2) is 0 Å². The van der Waals surface area contributed by atoms with Crippen molar-refractivity contribution in [3.63, 3.8) is 0 Å². The molecular formula is C28H40O3Si. The Kier molecular flexibility index (Phi) is 8.79. The first-order valence-corrected chi connectivity index (χ1v) is 13.8. The Bertz CT molecular complexity index is 928. The number of rotatable bonds is 9. The molecule has 0 aliphatic rings. The lowest BCUT2D eigenvalue weighted by molar-refractivity contribution is 0.446. The van der Waals surface area contributed by atoms with Gasteiger partial charge in [-0.15, -0.1) is 0 Å². The van der Waals surface area contributed by atoms with Crippen LogP contribution in [0.25, 0.3) is 12.2 Å². The van der Waals surface area contributed by atoms with Crippen LogP contribution in [0.3, 0.4) is 0 Å². The van der Waals surface area contributed by atoms with Crippen molar-refractivity contribution in [1.29, 1.82) is 0 Å². The summed E-state index contributed by atoms with van der Waals surface area (Å²) >= 11 is 0. The monoisotopic (exact) mass is 452 g/mol. The summed E-state index contributed by atoms with van der Waals surface area (Å²) in [5, 5.41) is 20.3. The predicted molar refractivity (Wildman–Crippen MR) is 140 cm³/mol. The summed E-state index contributed by atoms with van der Waals surface area (Å²) in [4.78, 5) is 0. The van der Waals surface area contributed by atoms with Gasteiger partial charge in [-0.2, -0.15) is 0 Å². The zero-order chi connectivity index (χ0) is 24.1. The predicted octanol–water partition coefficient (Wildman–Crippen LogP) is 8.33. The molecule has 0 bridgehead atoms. The Morgan fingerprint density at radius 1 is 0.875 bits per heavy atom. The molecule has 0 unspecified atom stereocenters. The number of aromatic hydroxyl groups is 2. The largest absolute Gasteiger partial charge is 0.543 e. The third kappa shape index (κ3) is 6.07. The van der Waals surface area contributed by atoms with Crippen LogP contribution in [0, 0.1) is 0 Å². The van der Waals surface area contributed by atoms with Crippen LogP contribution in [0.15, 0.2) is 48.0 Å². The van der Waals surface area contributed by atoms with E-state index in [1.807, 2.05) is 26.0 Å². The molecule has 0 aliphatic heterocycles. The lowest BCUT2D eigenvalue weighted by atomic mass is 10.0. The zero-order valence-corrected chi connectivity index (χ0v) is 21.9. The van der Waals surface area contributed by atoms with Crippen LogP contribution in [0.2, 0.25) is 16.6 Å². The fourth-order valence-electron chi connectivity index (χ4n) is 4.73. The summed E-state index contributed by atoms with van der Waals surface area (Å²) < 4.78 is 6.75. The normalized spacial score (nSPS) is 12.2. The topological polar surface area (TPSA) is 49.7 Å². The van der Waals surface area contributed by atoms with Gasteiger partial charge < -0.3 is 14.6 Å². The first-order chi connectivity index (χ1) is 15.0. The lowest BCUT2D eigenvalue weighted by Gasteiger charge is -2.42. The van der Waals surface area contributed by atoms with Crippen LogP contribution in [0.4, 0.5) is 0 Å². The van der Waals surface area contributed by atoms with Gasteiger partial charge >= 0.3 is 0 Å². The van der Waals surface area contributed by atoms with Gasteiger partial charge in [0.25, 0.3) is 8.32 Å². The van der Waals surface area contributed by atoms with Gasteiger partial charge in [-0.05, 0) is 66.2 Å². The van der Waals surface area contributed by atoms with Crippen molar-refractivity contribution >= 4 is 20.5 Å². The van der Waals surface area contributed by atoms with Gasteiger partial charge in [0.2, 0.25) is 0 Å². The fraction of sp³-hybridized carbons (Fsp3) is 0.429. The molecule has 0 saturated carbocycles. The van der Waals surface area contributed by atoms with Crippen LogP contribution in [0.1, 0.15) is 72.1 Å². The third-order valence-corrected chi connectivity index (χ3v) is 12.3. The molecule has 0 heterocycles. The van der Waals surface area contributed by atoms with Gasteiger partial charge in [0.05, 0.1) is 0 Å². The van der Waals surface area contributed by atoms with E-state index in [9.17, 15) is 10.2 Å². The van der Waals surface area contributed by atoms with Crippen molar-refractivity contribution < 1.29 is 14.6 Å². The number of allylic oxidation sites excluding steroid dienone is 2.